The lowest BCUT2D eigenvalue weighted by Crippen LogP contribution is -2.35. The van der Waals surface area contributed by atoms with Crippen LogP contribution in [0.15, 0.2) is 0 Å². The fourth-order valence-electron chi connectivity index (χ4n) is 1.82. The molecule has 6 heteroatoms. The lowest BCUT2D eigenvalue weighted by atomic mass is 10.2. The lowest BCUT2D eigenvalue weighted by molar-refractivity contribution is -0.121. The largest absolute Gasteiger partial charge is 0.391 e. The molecule has 1 aliphatic carbocycles. The van der Waals surface area contributed by atoms with Gasteiger partial charge in [-0.15, -0.1) is 0 Å². The standard InChI is InChI=1S/C11H18N2O3S/c14-9(8-1-2-8)7-12-10(15)3-4-13-5-6-17-11(13)16/h8-9,14H,1-7H2,(H,12,15). The summed E-state index contributed by atoms with van der Waals surface area (Å²) in [6.07, 6.45) is 2.06. The highest BCUT2D eigenvalue weighted by atomic mass is 32.2. The maximum absolute atomic E-state index is 11.5. The zero-order valence-corrected chi connectivity index (χ0v) is 10.5. The Labute approximate surface area is 105 Å². The first-order valence-electron chi connectivity index (χ1n) is 6.03. The molecule has 96 valence electrons. The van der Waals surface area contributed by atoms with E-state index in [0.717, 1.165) is 25.1 Å². The van der Waals surface area contributed by atoms with Gasteiger partial charge in [0.2, 0.25) is 5.91 Å². The van der Waals surface area contributed by atoms with Crippen molar-refractivity contribution in [3.63, 3.8) is 0 Å². The number of rotatable bonds is 6. The van der Waals surface area contributed by atoms with Crippen molar-refractivity contribution in [3.05, 3.63) is 0 Å². The van der Waals surface area contributed by atoms with E-state index in [1.807, 2.05) is 0 Å². The Kier molecular flexibility index (Phi) is 4.28. The molecule has 0 aromatic heterocycles. The molecule has 17 heavy (non-hydrogen) atoms. The number of hydrogen-bond donors (Lipinski definition) is 2. The van der Waals surface area contributed by atoms with E-state index < -0.39 is 6.10 Å². The number of hydrogen-bond acceptors (Lipinski definition) is 4. The van der Waals surface area contributed by atoms with Crippen LogP contribution in [0, 0.1) is 5.92 Å². The summed E-state index contributed by atoms with van der Waals surface area (Å²) in [6.45, 7) is 1.56. The predicted octanol–water partition coefficient (Wildman–Crippen LogP) is 0.432. The molecule has 0 bridgehead atoms. The minimum atomic E-state index is -0.400. The van der Waals surface area contributed by atoms with Crippen molar-refractivity contribution in [2.75, 3.05) is 25.4 Å². The van der Waals surface area contributed by atoms with Gasteiger partial charge in [0.1, 0.15) is 0 Å². The highest BCUT2D eigenvalue weighted by Crippen LogP contribution is 2.32. The molecule has 0 aromatic carbocycles. The van der Waals surface area contributed by atoms with Gasteiger partial charge in [-0.05, 0) is 18.8 Å². The molecule has 1 aliphatic heterocycles. The van der Waals surface area contributed by atoms with Gasteiger partial charge in [0.15, 0.2) is 0 Å². The molecule has 1 saturated carbocycles. The number of thioether (sulfide) groups is 1. The third-order valence-corrected chi connectivity index (χ3v) is 4.02. The maximum atomic E-state index is 11.5. The summed E-state index contributed by atoms with van der Waals surface area (Å²) in [4.78, 5) is 24.5. The molecule has 1 atom stereocenters. The minimum Gasteiger partial charge on any atom is -0.391 e. The smallest absolute Gasteiger partial charge is 0.281 e. The van der Waals surface area contributed by atoms with E-state index in [0.29, 0.717) is 25.4 Å². The van der Waals surface area contributed by atoms with Gasteiger partial charge in [-0.3, -0.25) is 9.59 Å². The van der Waals surface area contributed by atoms with Gasteiger partial charge in [-0.25, -0.2) is 0 Å². The summed E-state index contributed by atoms with van der Waals surface area (Å²) < 4.78 is 0. The van der Waals surface area contributed by atoms with Crippen LogP contribution in [0.1, 0.15) is 19.3 Å². The van der Waals surface area contributed by atoms with Gasteiger partial charge in [-0.1, -0.05) is 11.8 Å². The second kappa shape index (κ2) is 5.73. The third-order valence-electron chi connectivity index (χ3n) is 3.13. The highest BCUT2D eigenvalue weighted by molar-refractivity contribution is 8.13. The van der Waals surface area contributed by atoms with E-state index >= 15 is 0 Å². The number of carbonyl (C=O) groups is 2. The number of nitrogens with zero attached hydrogens (tertiary/aromatic N) is 1. The van der Waals surface area contributed by atoms with Crippen molar-refractivity contribution >= 4 is 22.9 Å². The molecule has 1 unspecified atom stereocenters. The Morgan fingerprint density at radius 2 is 2.35 bits per heavy atom. The Morgan fingerprint density at radius 3 is 2.94 bits per heavy atom. The zero-order valence-electron chi connectivity index (χ0n) is 9.72. The van der Waals surface area contributed by atoms with Crippen molar-refractivity contribution in [1.82, 2.24) is 10.2 Å². The SMILES string of the molecule is O=C(CCN1CCSC1=O)NCC(O)C1CC1. The summed E-state index contributed by atoms with van der Waals surface area (Å²) in [6, 6.07) is 0. The van der Waals surface area contributed by atoms with Crippen LogP contribution in [-0.4, -0.2) is 52.6 Å². The van der Waals surface area contributed by atoms with Gasteiger partial charge >= 0.3 is 0 Å². The number of nitrogens with one attached hydrogen (secondary N) is 1. The fraction of sp³-hybridized carbons (Fsp3) is 0.818. The van der Waals surface area contributed by atoms with E-state index in [9.17, 15) is 14.7 Å². The Balaban J connectivity index is 1.58. The van der Waals surface area contributed by atoms with Crippen LogP contribution in [-0.2, 0) is 4.79 Å². The topological polar surface area (TPSA) is 69.6 Å². The molecular weight excluding hydrogens is 240 g/mol. The van der Waals surface area contributed by atoms with Gasteiger partial charge in [-0.2, -0.15) is 0 Å². The molecule has 2 aliphatic rings. The molecule has 1 heterocycles. The fourth-order valence-corrected chi connectivity index (χ4v) is 2.67. The molecule has 1 saturated heterocycles. The van der Waals surface area contributed by atoms with Crippen molar-refractivity contribution in [3.8, 4) is 0 Å². The second-order valence-electron chi connectivity index (χ2n) is 4.56. The van der Waals surface area contributed by atoms with Crippen LogP contribution < -0.4 is 5.32 Å². The molecule has 0 aromatic rings. The number of aliphatic hydroxyl groups is 1. The predicted molar refractivity (Wildman–Crippen MR) is 65.8 cm³/mol. The van der Waals surface area contributed by atoms with Crippen LogP contribution >= 0.6 is 11.8 Å². The van der Waals surface area contributed by atoms with E-state index in [4.69, 9.17) is 0 Å². The Bertz CT molecular complexity index is 307. The van der Waals surface area contributed by atoms with Crippen molar-refractivity contribution in [2.24, 2.45) is 5.92 Å². The normalized spacial score (nSPS) is 21.7. The molecule has 2 amide bonds. The molecule has 2 N–H and O–H groups in total. The maximum Gasteiger partial charge on any atom is 0.281 e. The molecule has 0 spiro atoms. The van der Waals surface area contributed by atoms with E-state index in [1.165, 1.54) is 11.8 Å². The first-order chi connectivity index (χ1) is 8.16. The average molecular weight is 258 g/mol. The van der Waals surface area contributed by atoms with E-state index in [2.05, 4.69) is 5.32 Å². The second-order valence-corrected chi connectivity index (χ2v) is 5.61. The van der Waals surface area contributed by atoms with Gasteiger partial charge in [0.25, 0.3) is 5.24 Å². The quantitative estimate of drug-likeness (QED) is 0.725. The molecule has 2 fully saturated rings. The third kappa shape index (κ3) is 3.89. The van der Waals surface area contributed by atoms with Crippen LogP contribution in [0.2, 0.25) is 0 Å². The number of carbonyl (C=O) groups excluding carboxylic acids is 2. The Morgan fingerprint density at radius 1 is 1.59 bits per heavy atom. The van der Waals surface area contributed by atoms with Crippen LogP contribution in [0.3, 0.4) is 0 Å². The summed E-state index contributed by atoms with van der Waals surface area (Å²) in [5.41, 5.74) is 0. The number of aliphatic hydroxyl groups excluding tert-OH is 1. The van der Waals surface area contributed by atoms with Crippen LogP contribution in [0.5, 0.6) is 0 Å². The van der Waals surface area contributed by atoms with Crippen molar-refractivity contribution in [1.29, 1.82) is 0 Å². The zero-order chi connectivity index (χ0) is 12.3. The van der Waals surface area contributed by atoms with Gasteiger partial charge in [0.05, 0.1) is 6.10 Å². The van der Waals surface area contributed by atoms with Crippen molar-refractivity contribution in [2.45, 2.75) is 25.4 Å². The lowest BCUT2D eigenvalue weighted by Gasteiger charge is -2.15. The first-order valence-corrected chi connectivity index (χ1v) is 7.02. The Hall–Kier alpha value is -0.750. The molecular formula is C11H18N2O3S. The highest BCUT2D eigenvalue weighted by Gasteiger charge is 2.29. The van der Waals surface area contributed by atoms with E-state index in [-0.39, 0.29) is 11.1 Å². The first kappa shape index (κ1) is 12.7. The molecule has 2 rings (SSSR count). The van der Waals surface area contributed by atoms with Gasteiger partial charge in [0, 0.05) is 31.8 Å². The van der Waals surface area contributed by atoms with Crippen LogP contribution in [0.4, 0.5) is 4.79 Å². The average Bonchev–Trinajstić information content (AvgIpc) is 3.08. The monoisotopic (exact) mass is 258 g/mol. The summed E-state index contributed by atoms with van der Waals surface area (Å²) >= 11 is 1.30. The molecule has 5 nitrogen and oxygen atoms in total. The van der Waals surface area contributed by atoms with Gasteiger partial charge < -0.3 is 15.3 Å². The summed E-state index contributed by atoms with van der Waals surface area (Å²) in [5.74, 6) is 1.11. The van der Waals surface area contributed by atoms with Crippen LogP contribution in [0.25, 0.3) is 0 Å². The molecule has 0 radical (unpaired) electrons. The summed E-state index contributed by atoms with van der Waals surface area (Å²) in [7, 11) is 0. The summed E-state index contributed by atoms with van der Waals surface area (Å²) in [5, 5.41) is 12.4. The van der Waals surface area contributed by atoms with E-state index in [1.54, 1.807) is 4.90 Å². The number of amides is 2. The minimum absolute atomic E-state index is 0.0656. The van der Waals surface area contributed by atoms with Crippen molar-refractivity contribution < 1.29 is 14.7 Å².